The molecule has 0 atom stereocenters. The van der Waals surface area contributed by atoms with Gasteiger partial charge in [-0.1, -0.05) is 31.4 Å². The first-order valence-electron chi connectivity index (χ1n) is 7.00. The summed E-state index contributed by atoms with van der Waals surface area (Å²) in [6, 6.07) is 8.20. The fourth-order valence-electron chi connectivity index (χ4n) is 2.63. The number of carbonyl (C=O) groups excluding carboxylic acids is 1. The molecule has 0 radical (unpaired) electrons. The van der Waals surface area contributed by atoms with Gasteiger partial charge in [0.05, 0.1) is 11.0 Å². The van der Waals surface area contributed by atoms with Crippen molar-refractivity contribution in [3.8, 4) is 6.07 Å². The number of non-ortho nitro benzene ring substituents is 1. The minimum Gasteiger partial charge on any atom is -0.351 e. The number of nitro benzene ring substituents is 1. The van der Waals surface area contributed by atoms with Gasteiger partial charge in [-0.05, 0) is 18.4 Å². The molecule has 6 heteroatoms. The van der Waals surface area contributed by atoms with Crippen LogP contribution in [0.15, 0.2) is 24.3 Å². The maximum absolute atomic E-state index is 12.3. The highest BCUT2D eigenvalue weighted by molar-refractivity contribution is 5.85. The van der Waals surface area contributed by atoms with Crippen molar-refractivity contribution in [2.75, 3.05) is 0 Å². The van der Waals surface area contributed by atoms with Crippen LogP contribution in [0.5, 0.6) is 0 Å². The van der Waals surface area contributed by atoms with Crippen LogP contribution in [0.2, 0.25) is 0 Å². The minimum absolute atomic E-state index is 0.0193. The van der Waals surface area contributed by atoms with Crippen LogP contribution in [-0.2, 0) is 11.3 Å². The van der Waals surface area contributed by atoms with Gasteiger partial charge < -0.3 is 5.32 Å². The molecule has 0 aliphatic heterocycles. The summed E-state index contributed by atoms with van der Waals surface area (Å²) < 4.78 is 0. The van der Waals surface area contributed by atoms with E-state index in [-0.39, 0.29) is 18.1 Å². The molecule has 6 nitrogen and oxygen atoms in total. The second-order valence-corrected chi connectivity index (χ2v) is 5.36. The normalized spacial score (nSPS) is 16.7. The van der Waals surface area contributed by atoms with Gasteiger partial charge in [0.15, 0.2) is 0 Å². The summed E-state index contributed by atoms with van der Waals surface area (Å²) in [4.78, 5) is 22.4. The van der Waals surface area contributed by atoms with Crippen LogP contribution in [0.4, 0.5) is 5.69 Å². The van der Waals surface area contributed by atoms with Gasteiger partial charge in [-0.3, -0.25) is 14.9 Å². The van der Waals surface area contributed by atoms with Crippen LogP contribution in [0.1, 0.15) is 37.7 Å². The molecule has 1 amide bonds. The van der Waals surface area contributed by atoms with Crippen molar-refractivity contribution in [3.63, 3.8) is 0 Å². The Morgan fingerprint density at radius 3 is 2.43 bits per heavy atom. The smallest absolute Gasteiger partial charge is 0.269 e. The molecule has 1 N–H and O–H groups in total. The minimum atomic E-state index is -0.904. The lowest BCUT2D eigenvalue weighted by Gasteiger charge is -2.29. The highest BCUT2D eigenvalue weighted by Gasteiger charge is 2.39. The van der Waals surface area contributed by atoms with E-state index in [0.717, 1.165) is 24.8 Å². The number of carbonyl (C=O) groups is 1. The van der Waals surface area contributed by atoms with Gasteiger partial charge >= 0.3 is 0 Å². The lowest BCUT2D eigenvalue weighted by atomic mass is 9.74. The molecular weight excluding hydrogens is 270 g/mol. The largest absolute Gasteiger partial charge is 0.351 e. The van der Waals surface area contributed by atoms with E-state index in [1.165, 1.54) is 12.1 Å². The third-order valence-electron chi connectivity index (χ3n) is 3.96. The van der Waals surface area contributed by atoms with Crippen molar-refractivity contribution in [2.45, 2.75) is 38.6 Å². The molecule has 110 valence electrons. The number of nitriles is 1. The van der Waals surface area contributed by atoms with Crippen LogP contribution in [-0.4, -0.2) is 10.8 Å². The van der Waals surface area contributed by atoms with Gasteiger partial charge in [0.1, 0.15) is 5.41 Å². The fourth-order valence-corrected chi connectivity index (χ4v) is 2.63. The third-order valence-corrected chi connectivity index (χ3v) is 3.96. The molecule has 1 aromatic rings. The summed E-state index contributed by atoms with van der Waals surface area (Å²) in [7, 11) is 0. The molecule has 2 rings (SSSR count). The standard InChI is InChI=1S/C15H17N3O3/c16-11-15(8-2-1-3-9-15)14(19)17-10-12-4-6-13(7-5-12)18(20)21/h4-7H,1-3,8-10H2,(H,17,19). The summed E-state index contributed by atoms with van der Waals surface area (Å²) >= 11 is 0. The van der Waals surface area contributed by atoms with E-state index in [0.29, 0.717) is 12.8 Å². The predicted octanol–water partition coefficient (Wildman–Crippen LogP) is 2.69. The van der Waals surface area contributed by atoms with Crippen LogP contribution < -0.4 is 5.32 Å². The SMILES string of the molecule is N#CC1(C(=O)NCc2ccc([N+](=O)[O-])cc2)CCCCC1. The number of hydrogen-bond acceptors (Lipinski definition) is 4. The first kappa shape index (κ1) is 15.0. The van der Waals surface area contributed by atoms with Gasteiger partial charge in [0, 0.05) is 18.7 Å². The van der Waals surface area contributed by atoms with E-state index in [2.05, 4.69) is 11.4 Å². The Hall–Kier alpha value is -2.42. The number of rotatable bonds is 4. The number of amides is 1. The Bertz CT molecular complexity index is 569. The number of nitro groups is 1. The van der Waals surface area contributed by atoms with Crippen molar-refractivity contribution in [1.29, 1.82) is 5.26 Å². The molecule has 21 heavy (non-hydrogen) atoms. The first-order valence-corrected chi connectivity index (χ1v) is 7.00. The van der Waals surface area contributed by atoms with Gasteiger partial charge in [-0.2, -0.15) is 5.26 Å². The molecule has 0 spiro atoms. The summed E-state index contributed by atoms with van der Waals surface area (Å²) in [5.41, 5.74) is -0.109. The highest BCUT2D eigenvalue weighted by Crippen LogP contribution is 2.35. The number of benzene rings is 1. The second-order valence-electron chi connectivity index (χ2n) is 5.36. The maximum Gasteiger partial charge on any atom is 0.269 e. The Labute approximate surface area is 122 Å². The average Bonchev–Trinajstić information content (AvgIpc) is 2.53. The average molecular weight is 287 g/mol. The zero-order chi connectivity index (χ0) is 15.3. The lowest BCUT2D eigenvalue weighted by molar-refractivity contribution is -0.384. The second kappa shape index (κ2) is 6.35. The van der Waals surface area contributed by atoms with Crippen molar-refractivity contribution >= 4 is 11.6 Å². The molecule has 1 saturated carbocycles. The van der Waals surface area contributed by atoms with E-state index >= 15 is 0 Å². The summed E-state index contributed by atoms with van der Waals surface area (Å²) in [6.45, 7) is 0.278. The summed E-state index contributed by atoms with van der Waals surface area (Å²) in [6.07, 6.45) is 4.08. The predicted molar refractivity (Wildman–Crippen MR) is 76.1 cm³/mol. The molecule has 0 bridgehead atoms. The number of nitrogens with one attached hydrogen (secondary N) is 1. The molecule has 1 aliphatic rings. The van der Waals surface area contributed by atoms with Gasteiger partial charge in [0.25, 0.3) is 5.69 Å². The molecule has 1 aliphatic carbocycles. The van der Waals surface area contributed by atoms with Gasteiger partial charge in [0.2, 0.25) is 5.91 Å². The van der Waals surface area contributed by atoms with Gasteiger partial charge in [-0.15, -0.1) is 0 Å². The van der Waals surface area contributed by atoms with Crippen molar-refractivity contribution in [2.24, 2.45) is 5.41 Å². The van der Waals surface area contributed by atoms with E-state index in [9.17, 15) is 20.2 Å². The van der Waals surface area contributed by atoms with Crippen LogP contribution in [0, 0.1) is 26.9 Å². The molecule has 0 saturated heterocycles. The van der Waals surface area contributed by atoms with Crippen molar-refractivity contribution in [3.05, 3.63) is 39.9 Å². The first-order chi connectivity index (χ1) is 10.1. The van der Waals surface area contributed by atoms with Gasteiger partial charge in [-0.25, -0.2) is 0 Å². The fraction of sp³-hybridized carbons (Fsp3) is 0.467. The molecular formula is C15H17N3O3. The maximum atomic E-state index is 12.3. The Morgan fingerprint density at radius 1 is 1.29 bits per heavy atom. The molecule has 0 heterocycles. The van der Waals surface area contributed by atoms with Crippen molar-refractivity contribution in [1.82, 2.24) is 5.32 Å². The van der Waals surface area contributed by atoms with Crippen LogP contribution in [0.25, 0.3) is 0 Å². The topological polar surface area (TPSA) is 96.0 Å². The van der Waals surface area contributed by atoms with Crippen molar-refractivity contribution < 1.29 is 9.72 Å². The lowest BCUT2D eigenvalue weighted by Crippen LogP contribution is -2.41. The number of hydrogen-bond donors (Lipinski definition) is 1. The zero-order valence-corrected chi connectivity index (χ0v) is 11.7. The van der Waals surface area contributed by atoms with E-state index in [1.54, 1.807) is 12.1 Å². The summed E-state index contributed by atoms with van der Waals surface area (Å²) in [5, 5.41) is 22.7. The van der Waals surface area contributed by atoms with E-state index in [4.69, 9.17) is 0 Å². The molecule has 1 aromatic carbocycles. The van der Waals surface area contributed by atoms with Crippen LogP contribution >= 0.6 is 0 Å². The monoisotopic (exact) mass is 287 g/mol. The highest BCUT2D eigenvalue weighted by atomic mass is 16.6. The number of nitrogens with zero attached hydrogens (tertiary/aromatic N) is 2. The molecule has 0 unspecified atom stereocenters. The Balaban J connectivity index is 1.97. The zero-order valence-electron chi connectivity index (χ0n) is 11.7. The molecule has 1 fully saturated rings. The van der Waals surface area contributed by atoms with Crippen LogP contribution in [0.3, 0.4) is 0 Å². The third kappa shape index (κ3) is 3.37. The molecule has 0 aromatic heterocycles. The Morgan fingerprint density at radius 2 is 1.90 bits per heavy atom. The summed E-state index contributed by atoms with van der Waals surface area (Å²) in [5.74, 6) is -0.233. The van der Waals surface area contributed by atoms with E-state index in [1.807, 2.05) is 0 Å². The van der Waals surface area contributed by atoms with E-state index < -0.39 is 10.3 Å². The Kier molecular flexibility index (Phi) is 4.53. The quantitative estimate of drug-likeness (QED) is 0.680.